The molecule has 88 valence electrons. The molecule has 1 saturated heterocycles. The molecule has 0 aliphatic carbocycles. The molecule has 16 heavy (non-hydrogen) atoms. The molecule has 2 heterocycles. The van der Waals surface area contributed by atoms with Crippen LogP contribution < -0.4 is 4.74 Å². The Morgan fingerprint density at radius 2 is 2.50 bits per heavy atom. The van der Waals surface area contributed by atoms with Crippen molar-refractivity contribution in [2.45, 2.75) is 13.0 Å². The average molecular weight is 222 g/mol. The molecule has 0 bridgehead atoms. The Hall–Kier alpha value is -1.13. The Labute approximate surface area is 96.2 Å². The lowest BCUT2D eigenvalue weighted by molar-refractivity contribution is -0.0404. The van der Waals surface area contributed by atoms with E-state index < -0.39 is 0 Å². The molecule has 1 unspecified atom stereocenters. The summed E-state index contributed by atoms with van der Waals surface area (Å²) in [5.41, 5.74) is 0.923. The maximum Gasteiger partial charge on any atom is 0.140 e. The molecule has 1 aromatic heterocycles. The maximum absolute atomic E-state index is 5.71. The number of nitrogens with zero attached hydrogens (tertiary/aromatic N) is 2. The van der Waals surface area contributed by atoms with Crippen LogP contribution in [0.15, 0.2) is 18.3 Å². The van der Waals surface area contributed by atoms with Crippen LogP contribution in [0.3, 0.4) is 0 Å². The molecule has 2 rings (SSSR count). The second-order valence-corrected chi connectivity index (χ2v) is 4.15. The highest BCUT2D eigenvalue weighted by Crippen LogP contribution is 2.14. The van der Waals surface area contributed by atoms with Crippen LogP contribution in [0.1, 0.15) is 5.69 Å². The number of likely N-dealkylation sites (N-methyl/N-ethyl adjacent to an activating group) is 1. The minimum absolute atomic E-state index is 0.165. The summed E-state index contributed by atoms with van der Waals surface area (Å²) in [7, 11) is 2.10. The van der Waals surface area contributed by atoms with Gasteiger partial charge in [0.2, 0.25) is 0 Å². The molecule has 0 N–H and O–H groups in total. The third kappa shape index (κ3) is 2.93. The normalized spacial score (nSPS) is 22.0. The lowest BCUT2D eigenvalue weighted by atomic mass is 10.3. The van der Waals surface area contributed by atoms with E-state index in [-0.39, 0.29) is 6.10 Å². The van der Waals surface area contributed by atoms with E-state index in [0.717, 1.165) is 31.1 Å². The molecule has 4 heteroatoms. The van der Waals surface area contributed by atoms with Crippen molar-refractivity contribution in [2.24, 2.45) is 0 Å². The van der Waals surface area contributed by atoms with Gasteiger partial charge in [-0.1, -0.05) is 0 Å². The molecule has 0 radical (unpaired) electrons. The second-order valence-electron chi connectivity index (χ2n) is 4.15. The van der Waals surface area contributed by atoms with E-state index >= 15 is 0 Å². The number of morpholine rings is 1. The molecule has 1 aliphatic rings. The first-order chi connectivity index (χ1) is 7.75. The van der Waals surface area contributed by atoms with E-state index in [2.05, 4.69) is 16.9 Å². The van der Waals surface area contributed by atoms with E-state index in [1.54, 1.807) is 6.20 Å². The minimum Gasteiger partial charge on any atom is -0.489 e. The fourth-order valence-electron chi connectivity index (χ4n) is 1.77. The molecule has 1 atom stereocenters. The molecule has 1 aliphatic heterocycles. The van der Waals surface area contributed by atoms with Gasteiger partial charge in [0.25, 0.3) is 0 Å². The largest absolute Gasteiger partial charge is 0.489 e. The number of ether oxygens (including phenoxy) is 2. The van der Waals surface area contributed by atoms with E-state index in [1.807, 2.05) is 19.1 Å². The Kier molecular flexibility index (Phi) is 3.74. The van der Waals surface area contributed by atoms with Crippen molar-refractivity contribution < 1.29 is 9.47 Å². The zero-order valence-electron chi connectivity index (χ0n) is 9.85. The number of rotatable bonds is 3. The first kappa shape index (κ1) is 11.4. The summed E-state index contributed by atoms with van der Waals surface area (Å²) in [6.07, 6.45) is 1.94. The van der Waals surface area contributed by atoms with Crippen LogP contribution in [0.5, 0.6) is 5.75 Å². The molecule has 0 amide bonds. The topological polar surface area (TPSA) is 34.6 Å². The van der Waals surface area contributed by atoms with Crippen molar-refractivity contribution in [1.29, 1.82) is 0 Å². The average Bonchev–Trinajstić information content (AvgIpc) is 2.28. The lowest BCUT2D eigenvalue weighted by Gasteiger charge is -2.29. The van der Waals surface area contributed by atoms with Crippen LogP contribution in [0.25, 0.3) is 0 Å². The summed E-state index contributed by atoms with van der Waals surface area (Å²) in [6.45, 7) is 5.26. The van der Waals surface area contributed by atoms with E-state index in [1.165, 1.54) is 0 Å². The van der Waals surface area contributed by atoms with Gasteiger partial charge in [0.15, 0.2) is 0 Å². The summed E-state index contributed by atoms with van der Waals surface area (Å²) < 4.78 is 11.3. The van der Waals surface area contributed by atoms with E-state index in [0.29, 0.717) is 6.61 Å². The van der Waals surface area contributed by atoms with Gasteiger partial charge in [-0.3, -0.25) is 4.98 Å². The molecule has 0 spiro atoms. The number of aromatic nitrogens is 1. The van der Waals surface area contributed by atoms with Gasteiger partial charge in [0, 0.05) is 19.3 Å². The highest BCUT2D eigenvalue weighted by atomic mass is 16.5. The van der Waals surface area contributed by atoms with Gasteiger partial charge in [-0.15, -0.1) is 0 Å². The Morgan fingerprint density at radius 3 is 3.25 bits per heavy atom. The SMILES string of the molecule is Cc1ncccc1OCC1CN(C)CCO1. The van der Waals surface area contributed by atoms with Gasteiger partial charge < -0.3 is 14.4 Å². The van der Waals surface area contributed by atoms with Crippen LogP contribution in [-0.2, 0) is 4.74 Å². The molecule has 0 aromatic carbocycles. The summed E-state index contributed by atoms with van der Waals surface area (Å²) in [5.74, 6) is 0.847. The van der Waals surface area contributed by atoms with Gasteiger partial charge in [-0.25, -0.2) is 0 Å². The van der Waals surface area contributed by atoms with Crippen LogP contribution in [0.4, 0.5) is 0 Å². The second kappa shape index (κ2) is 5.27. The fourth-order valence-corrected chi connectivity index (χ4v) is 1.77. The summed E-state index contributed by atoms with van der Waals surface area (Å²) >= 11 is 0. The molecular formula is C12H18N2O2. The Balaban J connectivity index is 1.85. The number of hydrogen-bond acceptors (Lipinski definition) is 4. The highest BCUT2D eigenvalue weighted by Gasteiger charge is 2.18. The highest BCUT2D eigenvalue weighted by molar-refractivity contribution is 5.25. The first-order valence-corrected chi connectivity index (χ1v) is 5.60. The van der Waals surface area contributed by atoms with Crippen LogP contribution in [-0.4, -0.2) is 49.3 Å². The third-order valence-electron chi connectivity index (χ3n) is 2.73. The standard InChI is InChI=1S/C12H18N2O2/c1-10-12(4-3-5-13-10)16-9-11-8-14(2)6-7-15-11/h3-5,11H,6-9H2,1-2H3. The monoisotopic (exact) mass is 222 g/mol. The van der Waals surface area contributed by atoms with E-state index in [9.17, 15) is 0 Å². The van der Waals surface area contributed by atoms with Crippen LogP contribution >= 0.6 is 0 Å². The summed E-state index contributed by atoms with van der Waals surface area (Å²) in [6, 6.07) is 3.82. The van der Waals surface area contributed by atoms with Crippen molar-refractivity contribution in [3.05, 3.63) is 24.0 Å². The maximum atomic E-state index is 5.71. The van der Waals surface area contributed by atoms with Gasteiger partial charge >= 0.3 is 0 Å². The van der Waals surface area contributed by atoms with Crippen molar-refractivity contribution in [1.82, 2.24) is 9.88 Å². The van der Waals surface area contributed by atoms with Gasteiger partial charge in [-0.2, -0.15) is 0 Å². The van der Waals surface area contributed by atoms with Crippen molar-refractivity contribution in [2.75, 3.05) is 33.4 Å². The number of aryl methyl sites for hydroxylation is 1. The van der Waals surface area contributed by atoms with Gasteiger partial charge in [0.05, 0.1) is 12.3 Å². The lowest BCUT2D eigenvalue weighted by Crippen LogP contribution is -2.42. The Bertz CT molecular complexity index is 344. The smallest absolute Gasteiger partial charge is 0.140 e. The van der Waals surface area contributed by atoms with Crippen LogP contribution in [0, 0.1) is 6.92 Å². The summed E-state index contributed by atoms with van der Waals surface area (Å²) in [4.78, 5) is 6.44. The molecule has 1 fully saturated rings. The molecule has 0 saturated carbocycles. The zero-order valence-corrected chi connectivity index (χ0v) is 9.85. The van der Waals surface area contributed by atoms with E-state index in [4.69, 9.17) is 9.47 Å². The molecule has 4 nitrogen and oxygen atoms in total. The first-order valence-electron chi connectivity index (χ1n) is 5.60. The zero-order chi connectivity index (χ0) is 11.4. The predicted molar refractivity (Wildman–Crippen MR) is 61.7 cm³/mol. The minimum atomic E-state index is 0.165. The Morgan fingerprint density at radius 1 is 1.62 bits per heavy atom. The third-order valence-corrected chi connectivity index (χ3v) is 2.73. The van der Waals surface area contributed by atoms with Crippen molar-refractivity contribution >= 4 is 0 Å². The van der Waals surface area contributed by atoms with Crippen molar-refractivity contribution in [3.8, 4) is 5.75 Å². The molecular weight excluding hydrogens is 204 g/mol. The molecule has 1 aromatic rings. The number of hydrogen-bond donors (Lipinski definition) is 0. The number of pyridine rings is 1. The fraction of sp³-hybridized carbons (Fsp3) is 0.583. The van der Waals surface area contributed by atoms with Crippen LogP contribution in [0.2, 0.25) is 0 Å². The quantitative estimate of drug-likeness (QED) is 0.767. The predicted octanol–water partition coefficient (Wildman–Crippen LogP) is 1.10. The van der Waals surface area contributed by atoms with Gasteiger partial charge in [0.1, 0.15) is 18.5 Å². The van der Waals surface area contributed by atoms with Crippen molar-refractivity contribution in [3.63, 3.8) is 0 Å². The summed E-state index contributed by atoms with van der Waals surface area (Å²) in [5, 5.41) is 0. The van der Waals surface area contributed by atoms with Gasteiger partial charge in [-0.05, 0) is 26.1 Å².